The highest BCUT2D eigenvalue weighted by Gasteiger charge is 2.19. The molecule has 1 aromatic rings. The van der Waals surface area contributed by atoms with Crippen LogP contribution in [0.5, 0.6) is 0 Å². The molecule has 0 aromatic heterocycles. The van der Waals surface area contributed by atoms with Crippen LogP contribution in [-0.2, 0) is 11.3 Å². The van der Waals surface area contributed by atoms with E-state index in [1.165, 1.54) is 5.56 Å². The predicted octanol–water partition coefficient (Wildman–Crippen LogP) is 2.86. The van der Waals surface area contributed by atoms with Crippen molar-refractivity contribution in [1.82, 2.24) is 4.90 Å². The minimum atomic E-state index is -0.359. The maximum atomic E-state index is 12.3. The summed E-state index contributed by atoms with van der Waals surface area (Å²) in [5.74, 6) is 0.0734. The van der Waals surface area contributed by atoms with Crippen LogP contribution >= 0.6 is 0 Å². The van der Waals surface area contributed by atoms with Gasteiger partial charge in [0.25, 0.3) is 0 Å². The number of hydrogen-bond acceptors (Lipinski definition) is 2. The number of carbonyl (C=O) groups excluding carboxylic acids is 1. The van der Waals surface area contributed by atoms with Crippen molar-refractivity contribution in [3.63, 3.8) is 0 Å². The van der Waals surface area contributed by atoms with Crippen LogP contribution in [0, 0.1) is 6.92 Å². The molecular weight excluding hydrogens is 236 g/mol. The van der Waals surface area contributed by atoms with Gasteiger partial charge in [-0.2, -0.15) is 0 Å². The summed E-state index contributed by atoms with van der Waals surface area (Å²) < 4.78 is 0. The van der Waals surface area contributed by atoms with E-state index in [1.807, 2.05) is 4.90 Å². The summed E-state index contributed by atoms with van der Waals surface area (Å²) in [6.45, 7) is 7.63. The van der Waals surface area contributed by atoms with Gasteiger partial charge in [-0.25, -0.2) is 0 Å². The largest absolute Gasteiger partial charge is 0.337 e. The van der Waals surface area contributed by atoms with Crippen molar-refractivity contribution < 1.29 is 4.79 Å². The first-order chi connectivity index (χ1) is 9.08. The Morgan fingerprint density at radius 3 is 2.37 bits per heavy atom. The molecule has 0 aliphatic rings. The summed E-state index contributed by atoms with van der Waals surface area (Å²) in [6, 6.07) is 7.96. The Labute approximate surface area is 116 Å². The summed E-state index contributed by atoms with van der Waals surface area (Å²) in [4.78, 5) is 14.2. The molecule has 2 N–H and O–H groups in total. The second-order valence-corrected chi connectivity index (χ2v) is 5.14. The lowest BCUT2D eigenvalue weighted by Gasteiger charge is -2.25. The Bertz CT molecular complexity index is 386. The number of rotatable bonds is 7. The van der Waals surface area contributed by atoms with Gasteiger partial charge in [0.1, 0.15) is 0 Å². The fourth-order valence-corrected chi connectivity index (χ4v) is 2.12. The second-order valence-electron chi connectivity index (χ2n) is 5.14. The second kappa shape index (κ2) is 7.95. The molecule has 0 heterocycles. The predicted molar refractivity (Wildman–Crippen MR) is 79.8 cm³/mol. The summed E-state index contributed by atoms with van der Waals surface area (Å²) in [5.41, 5.74) is 8.34. The lowest BCUT2D eigenvalue weighted by molar-refractivity contribution is -0.133. The van der Waals surface area contributed by atoms with Crippen LogP contribution in [0.3, 0.4) is 0 Å². The third kappa shape index (κ3) is 5.03. The van der Waals surface area contributed by atoms with Crippen molar-refractivity contribution >= 4 is 5.91 Å². The minimum absolute atomic E-state index is 0.0734. The highest BCUT2D eigenvalue weighted by Crippen LogP contribution is 2.10. The summed E-state index contributed by atoms with van der Waals surface area (Å²) in [6.07, 6.45) is 2.65. The van der Waals surface area contributed by atoms with E-state index in [4.69, 9.17) is 5.73 Å². The number of nitrogens with zero attached hydrogens (tertiary/aromatic N) is 1. The molecule has 0 bridgehead atoms. The van der Waals surface area contributed by atoms with Crippen LogP contribution in [0.4, 0.5) is 0 Å². The first kappa shape index (κ1) is 15.7. The molecule has 0 spiro atoms. The van der Waals surface area contributed by atoms with E-state index in [9.17, 15) is 4.79 Å². The average molecular weight is 262 g/mol. The van der Waals surface area contributed by atoms with Gasteiger partial charge in [0.2, 0.25) is 5.91 Å². The fourth-order valence-electron chi connectivity index (χ4n) is 2.12. The maximum absolute atomic E-state index is 12.3. The zero-order chi connectivity index (χ0) is 14.3. The van der Waals surface area contributed by atoms with Crippen molar-refractivity contribution in [3.8, 4) is 0 Å². The number of amides is 1. The SMILES string of the molecule is CCC[C@@H](N)C(=O)N(CCC)Cc1ccc(C)cc1. The number of benzene rings is 1. The molecular formula is C16H26N2O. The van der Waals surface area contributed by atoms with Crippen LogP contribution < -0.4 is 5.73 Å². The van der Waals surface area contributed by atoms with Crippen molar-refractivity contribution in [2.45, 2.75) is 52.6 Å². The van der Waals surface area contributed by atoms with Crippen molar-refractivity contribution in [2.24, 2.45) is 5.73 Å². The maximum Gasteiger partial charge on any atom is 0.239 e. The smallest absolute Gasteiger partial charge is 0.239 e. The van der Waals surface area contributed by atoms with Gasteiger partial charge < -0.3 is 10.6 Å². The minimum Gasteiger partial charge on any atom is -0.337 e. The van der Waals surface area contributed by atoms with Gasteiger partial charge in [-0.15, -0.1) is 0 Å². The van der Waals surface area contributed by atoms with E-state index in [0.29, 0.717) is 6.54 Å². The van der Waals surface area contributed by atoms with Gasteiger partial charge in [0.05, 0.1) is 6.04 Å². The topological polar surface area (TPSA) is 46.3 Å². The quantitative estimate of drug-likeness (QED) is 0.821. The van der Waals surface area contributed by atoms with Gasteiger partial charge in [-0.1, -0.05) is 50.1 Å². The molecule has 0 saturated carbocycles. The first-order valence-electron chi connectivity index (χ1n) is 7.18. The molecule has 0 fully saturated rings. The van der Waals surface area contributed by atoms with E-state index in [-0.39, 0.29) is 11.9 Å². The van der Waals surface area contributed by atoms with Crippen molar-refractivity contribution in [1.29, 1.82) is 0 Å². The summed E-state index contributed by atoms with van der Waals surface area (Å²) in [5, 5.41) is 0. The molecule has 0 saturated heterocycles. The molecule has 0 unspecified atom stereocenters. The number of aryl methyl sites for hydroxylation is 1. The Morgan fingerprint density at radius 1 is 1.21 bits per heavy atom. The van der Waals surface area contributed by atoms with E-state index in [2.05, 4.69) is 45.0 Å². The molecule has 0 aliphatic carbocycles. The number of nitrogens with two attached hydrogens (primary N) is 1. The van der Waals surface area contributed by atoms with Gasteiger partial charge in [-0.3, -0.25) is 4.79 Å². The highest BCUT2D eigenvalue weighted by atomic mass is 16.2. The standard InChI is InChI=1S/C16H26N2O/c1-4-6-15(17)16(19)18(11-5-2)12-14-9-7-13(3)8-10-14/h7-10,15H,4-6,11-12,17H2,1-3H3/t15-/m1/s1. The lowest BCUT2D eigenvalue weighted by Crippen LogP contribution is -2.43. The van der Waals surface area contributed by atoms with E-state index < -0.39 is 0 Å². The Kier molecular flexibility index (Phi) is 6.57. The third-order valence-electron chi connectivity index (χ3n) is 3.22. The van der Waals surface area contributed by atoms with E-state index >= 15 is 0 Å². The van der Waals surface area contributed by atoms with E-state index in [1.54, 1.807) is 0 Å². The van der Waals surface area contributed by atoms with Crippen molar-refractivity contribution in [2.75, 3.05) is 6.54 Å². The molecule has 1 aromatic carbocycles. The molecule has 1 amide bonds. The van der Waals surface area contributed by atoms with Gasteiger partial charge >= 0.3 is 0 Å². The molecule has 1 rings (SSSR count). The van der Waals surface area contributed by atoms with Crippen LogP contribution in [0.25, 0.3) is 0 Å². The Balaban J connectivity index is 2.71. The van der Waals surface area contributed by atoms with Crippen molar-refractivity contribution in [3.05, 3.63) is 35.4 Å². The van der Waals surface area contributed by atoms with Crippen LogP contribution in [0.2, 0.25) is 0 Å². The molecule has 3 heteroatoms. The molecule has 19 heavy (non-hydrogen) atoms. The summed E-state index contributed by atoms with van der Waals surface area (Å²) in [7, 11) is 0. The first-order valence-corrected chi connectivity index (χ1v) is 7.18. The normalized spacial score (nSPS) is 12.2. The zero-order valence-electron chi connectivity index (χ0n) is 12.4. The fraction of sp³-hybridized carbons (Fsp3) is 0.562. The molecule has 0 aliphatic heterocycles. The number of carbonyl (C=O) groups is 1. The van der Waals surface area contributed by atoms with Crippen LogP contribution in [0.1, 0.15) is 44.2 Å². The van der Waals surface area contributed by atoms with E-state index in [0.717, 1.165) is 31.4 Å². The highest BCUT2D eigenvalue weighted by molar-refractivity contribution is 5.81. The molecule has 3 nitrogen and oxygen atoms in total. The Hall–Kier alpha value is -1.35. The number of hydrogen-bond donors (Lipinski definition) is 1. The van der Waals surface area contributed by atoms with Crippen LogP contribution in [0.15, 0.2) is 24.3 Å². The molecule has 0 radical (unpaired) electrons. The lowest BCUT2D eigenvalue weighted by atomic mass is 10.1. The Morgan fingerprint density at radius 2 is 1.84 bits per heavy atom. The molecule has 1 atom stereocenters. The van der Waals surface area contributed by atoms with Gasteiger partial charge in [0, 0.05) is 13.1 Å². The zero-order valence-corrected chi connectivity index (χ0v) is 12.4. The van der Waals surface area contributed by atoms with Crippen LogP contribution in [-0.4, -0.2) is 23.4 Å². The average Bonchev–Trinajstić information content (AvgIpc) is 2.40. The third-order valence-corrected chi connectivity index (χ3v) is 3.22. The monoisotopic (exact) mass is 262 g/mol. The summed E-state index contributed by atoms with van der Waals surface area (Å²) >= 11 is 0. The van der Waals surface area contributed by atoms with Gasteiger partial charge in [0.15, 0.2) is 0 Å². The van der Waals surface area contributed by atoms with Gasteiger partial charge in [-0.05, 0) is 25.3 Å². The molecule has 106 valence electrons.